The Morgan fingerprint density at radius 2 is 2.07 bits per heavy atom. The van der Waals surface area contributed by atoms with Crippen LogP contribution in [0.5, 0.6) is 5.75 Å². The van der Waals surface area contributed by atoms with Gasteiger partial charge < -0.3 is 10.2 Å². The van der Waals surface area contributed by atoms with Crippen molar-refractivity contribution in [3.63, 3.8) is 0 Å². The smallest absolute Gasteiger partial charge is 0.339 e. The summed E-state index contributed by atoms with van der Waals surface area (Å²) in [4.78, 5) is 10.7. The topological polar surface area (TPSA) is 57.5 Å². The summed E-state index contributed by atoms with van der Waals surface area (Å²) in [6.45, 7) is 2.08. The first-order valence-electron chi connectivity index (χ1n) is 4.70. The van der Waals surface area contributed by atoms with Crippen LogP contribution in [-0.4, -0.2) is 16.2 Å². The molecule has 0 saturated heterocycles. The molecule has 0 atom stereocenters. The second-order valence-electron chi connectivity index (χ2n) is 3.26. The quantitative estimate of drug-likeness (QED) is 0.817. The number of carboxylic acids is 1. The van der Waals surface area contributed by atoms with Crippen molar-refractivity contribution < 1.29 is 34.5 Å². The minimum Gasteiger partial charge on any atom is -0.507 e. The molecule has 2 N–H and O–H groups in total. The van der Waals surface area contributed by atoms with Crippen LogP contribution < -0.4 is 0 Å². The van der Waals surface area contributed by atoms with Gasteiger partial charge in [0, 0.05) is 19.5 Å². The van der Waals surface area contributed by atoms with Gasteiger partial charge in [0.1, 0.15) is 11.3 Å². The van der Waals surface area contributed by atoms with E-state index in [1.165, 1.54) is 12.1 Å². The Bertz CT molecular complexity index is 337. The maximum Gasteiger partial charge on any atom is 0.339 e. The number of carboxylic acid groups (broad SMARTS) is 1. The van der Waals surface area contributed by atoms with Crippen molar-refractivity contribution in [1.82, 2.24) is 0 Å². The summed E-state index contributed by atoms with van der Waals surface area (Å²) in [6, 6.07) is 4.74. The summed E-state index contributed by atoms with van der Waals surface area (Å²) in [7, 11) is 0. The summed E-state index contributed by atoms with van der Waals surface area (Å²) in [6.07, 6.45) is 2.96. The van der Waals surface area contributed by atoms with Crippen molar-refractivity contribution in [3.05, 3.63) is 29.3 Å². The molecule has 0 spiro atoms. The van der Waals surface area contributed by atoms with E-state index >= 15 is 0 Å². The molecular weight excluding hydrogens is 246 g/mol. The third-order valence-corrected chi connectivity index (χ3v) is 2.11. The van der Waals surface area contributed by atoms with E-state index in [0.717, 1.165) is 24.8 Å². The number of phenols is 1. The van der Waals surface area contributed by atoms with Crippen molar-refractivity contribution in [3.8, 4) is 5.75 Å². The molecule has 0 aliphatic rings. The predicted octanol–water partition coefficient (Wildman–Crippen LogP) is 2.43. The fraction of sp³-hybridized carbons (Fsp3) is 0.364. The number of carbonyl (C=O) groups is 1. The predicted molar refractivity (Wildman–Crippen MR) is 53.7 cm³/mol. The Balaban J connectivity index is 0.00000196. The Morgan fingerprint density at radius 1 is 1.40 bits per heavy atom. The van der Waals surface area contributed by atoms with Crippen LogP contribution in [0.4, 0.5) is 0 Å². The SMILES string of the molecule is CCCCc1ccc(O)c(C(=O)O)c1.[Zn]. The van der Waals surface area contributed by atoms with E-state index in [-0.39, 0.29) is 30.8 Å². The zero-order valence-corrected chi connectivity index (χ0v) is 11.8. The number of benzene rings is 1. The van der Waals surface area contributed by atoms with Crippen LogP contribution in [0.3, 0.4) is 0 Å². The molecule has 4 heteroatoms. The number of hydrogen-bond acceptors (Lipinski definition) is 2. The van der Waals surface area contributed by atoms with Gasteiger partial charge in [-0.3, -0.25) is 0 Å². The molecule has 3 nitrogen and oxygen atoms in total. The summed E-state index contributed by atoms with van der Waals surface area (Å²) < 4.78 is 0. The monoisotopic (exact) mass is 258 g/mol. The van der Waals surface area contributed by atoms with Crippen molar-refractivity contribution in [1.29, 1.82) is 0 Å². The molecule has 1 rings (SSSR count). The Morgan fingerprint density at radius 3 is 2.60 bits per heavy atom. The molecule has 0 unspecified atom stereocenters. The van der Waals surface area contributed by atoms with Crippen LogP contribution in [0.1, 0.15) is 35.7 Å². The molecule has 0 amide bonds. The van der Waals surface area contributed by atoms with E-state index in [9.17, 15) is 9.90 Å². The zero-order valence-electron chi connectivity index (χ0n) is 8.86. The maximum absolute atomic E-state index is 10.7. The van der Waals surface area contributed by atoms with Gasteiger partial charge in [-0.25, -0.2) is 4.79 Å². The van der Waals surface area contributed by atoms with Crippen LogP contribution in [0.2, 0.25) is 0 Å². The van der Waals surface area contributed by atoms with Crippen LogP contribution in [0, 0.1) is 0 Å². The van der Waals surface area contributed by atoms with Gasteiger partial charge in [0.05, 0.1) is 0 Å². The third-order valence-electron chi connectivity index (χ3n) is 2.11. The fourth-order valence-corrected chi connectivity index (χ4v) is 1.29. The second kappa shape index (κ2) is 6.57. The second-order valence-corrected chi connectivity index (χ2v) is 3.26. The Hall–Kier alpha value is -0.887. The number of aromatic hydroxyl groups is 1. The number of hydrogen-bond donors (Lipinski definition) is 2. The summed E-state index contributed by atoms with van der Waals surface area (Å²) in [5.74, 6) is -1.25. The van der Waals surface area contributed by atoms with Gasteiger partial charge in [0.15, 0.2) is 0 Å². The largest absolute Gasteiger partial charge is 0.507 e. The van der Waals surface area contributed by atoms with Gasteiger partial charge in [0.2, 0.25) is 0 Å². The number of aryl methyl sites for hydroxylation is 1. The van der Waals surface area contributed by atoms with Crippen LogP contribution in [-0.2, 0) is 25.9 Å². The fourth-order valence-electron chi connectivity index (χ4n) is 1.29. The van der Waals surface area contributed by atoms with Crippen molar-refractivity contribution in [2.24, 2.45) is 0 Å². The Kier molecular flexibility index (Phi) is 6.18. The molecule has 0 aromatic heterocycles. The molecule has 0 bridgehead atoms. The molecule has 0 heterocycles. The molecule has 0 aliphatic carbocycles. The molecule has 1 aromatic rings. The maximum atomic E-state index is 10.7. The molecule has 78 valence electrons. The molecule has 1 aromatic carbocycles. The van der Waals surface area contributed by atoms with Gasteiger partial charge in [0.25, 0.3) is 0 Å². The van der Waals surface area contributed by atoms with Crippen LogP contribution in [0.15, 0.2) is 18.2 Å². The van der Waals surface area contributed by atoms with Crippen molar-refractivity contribution in [2.75, 3.05) is 0 Å². The molecule has 0 aliphatic heterocycles. The van der Waals surface area contributed by atoms with Crippen LogP contribution in [0.25, 0.3) is 0 Å². The van der Waals surface area contributed by atoms with Crippen molar-refractivity contribution >= 4 is 5.97 Å². The minimum absolute atomic E-state index is 0. The molecular formula is C11H14O3Zn. The molecule has 0 radical (unpaired) electrons. The van der Waals surface area contributed by atoms with Crippen molar-refractivity contribution in [2.45, 2.75) is 26.2 Å². The summed E-state index contributed by atoms with van der Waals surface area (Å²) in [5, 5.41) is 18.0. The van der Waals surface area contributed by atoms with E-state index in [2.05, 4.69) is 6.92 Å². The average molecular weight is 260 g/mol. The zero-order chi connectivity index (χ0) is 10.6. The van der Waals surface area contributed by atoms with Crippen LogP contribution >= 0.6 is 0 Å². The van der Waals surface area contributed by atoms with E-state index in [4.69, 9.17) is 5.11 Å². The standard InChI is InChI=1S/C11H14O3.Zn/c1-2-3-4-8-5-6-10(12)9(7-8)11(13)14;/h5-7,12H,2-4H2,1H3,(H,13,14);. The Labute approximate surface area is 102 Å². The van der Waals surface area contributed by atoms with E-state index in [1.807, 2.05) is 0 Å². The summed E-state index contributed by atoms with van der Waals surface area (Å²) >= 11 is 0. The third kappa shape index (κ3) is 4.00. The average Bonchev–Trinajstić information content (AvgIpc) is 2.16. The summed E-state index contributed by atoms with van der Waals surface area (Å²) in [5.41, 5.74) is 0.945. The van der Waals surface area contributed by atoms with Gasteiger partial charge >= 0.3 is 5.97 Å². The first-order valence-corrected chi connectivity index (χ1v) is 4.70. The van der Waals surface area contributed by atoms with Gasteiger partial charge in [-0.05, 0) is 30.5 Å². The minimum atomic E-state index is -1.08. The number of rotatable bonds is 4. The first-order chi connectivity index (χ1) is 6.65. The first kappa shape index (κ1) is 14.1. The van der Waals surface area contributed by atoms with Gasteiger partial charge in [-0.1, -0.05) is 19.4 Å². The van der Waals surface area contributed by atoms with Gasteiger partial charge in [-0.15, -0.1) is 0 Å². The number of aromatic carboxylic acids is 1. The molecule has 15 heavy (non-hydrogen) atoms. The molecule has 0 fully saturated rings. The normalized spacial score (nSPS) is 9.40. The van der Waals surface area contributed by atoms with E-state index in [1.54, 1.807) is 6.07 Å². The number of unbranched alkanes of at least 4 members (excludes halogenated alkanes) is 1. The van der Waals surface area contributed by atoms with E-state index < -0.39 is 5.97 Å². The molecule has 0 saturated carbocycles. The van der Waals surface area contributed by atoms with Gasteiger partial charge in [-0.2, -0.15) is 0 Å². The van der Waals surface area contributed by atoms with E-state index in [0.29, 0.717) is 0 Å².